The van der Waals surface area contributed by atoms with Crippen molar-refractivity contribution in [3.8, 4) is 0 Å². The molecule has 1 N–H and O–H groups in total. The van der Waals surface area contributed by atoms with E-state index in [-0.39, 0.29) is 0 Å². The zero-order valence-corrected chi connectivity index (χ0v) is 11.8. The van der Waals surface area contributed by atoms with Gasteiger partial charge in [-0.3, -0.25) is 4.98 Å². The zero-order valence-electron chi connectivity index (χ0n) is 11.8. The van der Waals surface area contributed by atoms with Crippen LogP contribution in [0.25, 0.3) is 0 Å². The fraction of sp³-hybridized carbons (Fsp3) is 0.667. The van der Waals surface area contributed by atoms with Crippen LogP contribution in [0.4, 0.5) is 5.69 Å². The summed E-state index contributed by atoms with van der Waals surface area (Å²) in [5.74, 6) is 0. The van der Waals surface area contributed by atoms with Gasteiger partial charge in [0.1, 0.15) is 0 Å². The van der Waals surface area contributed by atoms with Crippen molar-refractivity contribution in [2.75, 3.05) is 18.5 Å². The van der Waals surface area contributed by atoms with Gasteiger partial charge in [0.25, 0.3) is 0 Å². The number of rotatable bonds is 3. The Morgan fingerprint density at radius 1 is 1.33 bits per heavy atom. The van der Waals surface area contributed by atoms with E-state index in [1.807, 2.05) is 13.2 Å². The second kappa shape index (κ2) is 6.19. The summed E-state index contributed by atoms with van der Waals surface area (Å²) in [6.07, 6.45) is 7.36. The third kappa shape index (κ3) is 3.02. The number of anilines is 1. The average molecular weight is 247 g/mol. The molecule has 1 fully saturated rings. The molecule has 0 amide bonds. The van der Waals surface area contributed by atoms with Gasteiger partial charge in [-0.15, -0.1) is 0 Å². The lowest BCUT2D eigenvalue weighted by Gasteiger charge is -2.29. The molecule has 0 aliphatic carbocycles. The monoisotopic (exact) mass is 247 g/mol. The molecule has 2 heterocycles. The molecule has 2 rings (SSSR count). The van der Waals surface area contributed by atoms with Crippen molar-refractivity contribution in [1.29, 1.82) is 0 Å². The molecule has 18 heavy (non-hydrogen) atoms. The van der Waals surface area contributed by atoms with Crippen LogP contribution in [0.3, 0.4) is 0 Å². The maximum Gasteiger partial charge on any atom is 0.0571 e. The van der Waals surface area contributed by atoms with Crippen LogP contribution in [0.2, 0.25) is 0 Å². The summed E-state index contributed by atoms with van der Waals surface area (Å²) < 4.78 is 0. The first-order valence-corrected chi connectivity index (χ1v) is 7.12. The molecule has 0 aromatic carbocycles. The summed E-state index contributed by atoms with van der Waals surface area (Å²) in [7, 11) is 1.97. The molecule has 3 heteroatoms. The van der Waals surface area contributed by atoms with Crippen LogP contribution in [0.15, 0.2) is 18.3 Å². The molecule has 0 bridgehead atoms. The highest BCUT2D eigenvalue weighted by atomic mass is 15.2. The molecule has 0 saturated carbocycles. The molecule has 3 nitrogen and oxygen atoms in total. The van der Waals surface area contributed by atoms with E-state index >= 15 is 0 Å². The normalized spacial score (nSPS) is 22.6. The molecule has 0 radical (unpaired) electrons. The SMILES string of the molecule is CNC(C)c1ccc(N2CCCCCC2C)cn1. The van der Waals surface area contributed by atoms with E-state index in [1.54, 1.807) is 0 Å². The highest BCUT2D eigenvalue weighted by Gasteiger charge is 2.17. The summed E-state index contributed by atoms with van der Waals surface area (Å²) in [4.78, 5) is 7.09. The van der Waals surface area contributed by atoms with Crippen molar-refractivity contribution in [3.63, 3.8) is 0 Å². The van der Waals surface area contributed by atoms with Gasteiger partial charge in [-0.05, 0) is 45.9 Å². The smallest absolute Gasteiger partial charge is 0.0571 e. The minimum Gasteiger partial charge on any atom is -0.368 e. The number of nitrogens with one attached hydrogen (secondary N) is 1. The minimum atomic E-state index is 0.320. The van der Waals surface area contributed by atoms with Gasteiger partial charge in [0.2, 0.25) is 0 Å². The van der Waals surface area contributed by atoms with Gasteiger partial charge < -0.3 is 10.2 Å². The van der Waals surface area contributed by atoms with Crippen LogP contribution in [0.5, 0.6) is 0 Å². The highest BCUT2D eigenvalue weighted by Crippen LogP contribution is 2.24. The lowest BCUT2D eigenvalue weighted by Crippen LogP contribution is -2.32. The van der Waals surface area contributed by atoms with E-state index in [1.165, 1.54) is 37.9 Å². The van der Waals surface area contributed by atoms with E-state index in [2.05, 4.69) is 41.2 Å². The molecular formula is C15H25N3. The first-order chi connectivity index (χ1) is 8.72. The second-order valence-electron chi connectivity index (χ2n) is 5.34. The lowest BCUT2D eigenvalue weighted by molar-refractivity contribution is 0.612. The Hall–Kier alpha value is -1.09. The van der Waals surface area contributed by atoms with Gasteiger partial charge in [0.05, 0.1) is 17.6 Å². The van der Waals surface area contributed by atoms with Gasteiger partial charge in [-0.1, -0.05) is 12.8 Å². The van der Waals surface area contributed by atoms with Crippen LogP contribution in [-0.2, 0) is 0 Å². The fourth-order valence-corrected chi connectivity index (χ4v) is 2.63. The van der Waals surface area contributed by atoms with E-state index in [0.717, 1.165) is 5.69 Å². The van der Waals surface area contributed by atoms with Gasteiger partial charge in [0.15, 0.2) is 0 Å². The number of hydrogen-bond acceptors (Lipinski definition) is 3. The predicted molar refractivity (Wildman–Crippen MR) is 77.0 cm³/mol. The number of nitrogens with zero attached hydrogens (tertiary/aromatic N) is 2. The fourth-order valence-electron chi connectivity index (χ4n) is 2.63. The van der Waals surface area contributed by atoms with Gasteiger partial charge in [0, 0.05) is 18.6 Å². The summed E-state index contributed by atoms with van der Waals surface area (Å²) in [6, 6.07) is 5.33. The first-order valence-electron chi connectivity index (χ1n) is 7.12. The maximum atomic E-state index is 4.59. The lowest BCUT2D eigenvalue weighted by atomic mass is 10.1. The van der Waals surface area contributed by atoms with Gasteiger partial charge in [-0.25, -0.2) is 0 Å². The Morgan fingerprint density at radius 3 is 2.83 bits per heavy atom. The largest absolute Gasteiger partial charge is 0.368 e. The topological polar surface area (TPSA) is 28.2 Å². The van der Waals surface area contributed by atoms with Gasteiger partial charge >= 0.3 is 0 Å². The maximum absolute atomic E-state index is 4.59. The molecule has 2 atom stereocenters. The average Bonchev–Trinajstić information content (AvgIpc) is 2.63. The predicted octanol–water partition coefficient (Wildman–Crippen LogP) is 3.13. The molecule has 1 aromatic rings. The third-order valence-corrected chi connectivity index (χ3v) is 4.03. The van der Waals surface area contributed by atoms with Gasteiger partial charge in [-0.2, -0.15) is 0 Å². The molecule has 2 unspecified atom stereocenters. The highest BCUT2D eigenvalue weighted by molar-refractivity contribution is 5.46. The standard InChI is InChI=1S/C15H25N3/c1-12-7-5-4-6-10-18(12)14-8-9-15(17-11-14)13(2)16-3/h8-9,11-13,16H,4-7,10H2,1-3H3. The van der Waals surface area contributed by atoms with E-state index in [0.29, 0.717) is 12.1 Å². The van der Waals surface area contributed by atoms with Crippen LogP contribution in [-0.4, -0.2) is 24.6 Å². The molecule has 100 valence electrons. The van der Waals surface area contributed by atoms with E-state index in [9.17, 15) is 0 Å². The van der Waals surface area contributed by atoms with Crippen LogP contribution in [0, 0.1) is 0 Å². The Morgan fingerprint density at radius 2 is 2.17 bits per heavy atom. The summed E-state index contributed by atoms with van der Waals surface area (Å²) in [5, 5.41) is 3.22. The zero-order chi connectivity index (χ0) is 13.0. The van der Waals surface area contributed by atoms with Crippen molar-refractivity contribution in [3.05, 3.63) is 24.0 Å². The van der Waals surface area contributed by atoms with Crippen LogP contribution in [0.1, 0.15) is 51.3 Å². The Kier molecular flexibility index (Phi) is 4.59. The summed E-state index contributed by atoms with van der Waals surface area (Å²) >= 11 is 0. The van der Waals surface area contributed by atoms with Crippen molar-refractivity contribution in [2.24, 2.45) is 0 Å². The summed E-state index contributed by atoms with van der Waals surface area (Å²) in [5.41, 5.74) is 2.39. The van der Waals surface area contributed by atoms with Crippen molar-refractivity contribution < 1.29 is 0 Å². The summed E-state index contributed by atoms with van der Waals surface area (Å²) in [6.45, 7) is 5.63. The molecule has 1 aromatic heterocycles. The van der Waals surface area contributed by atoms with E-state index in [4.69, 9.17) is 0 Å². The number of pyridine rings is 1. The van der Waals surface area contributed by atoms with Crippen molar-refractivity contribution in [2.45, 2.75) is 51.6 Å². The van der Waals surface area contributed by atoms with Crippen LogP contribution >= 0.6 is 0 Å². The third-order valence-electron chi connectivity index (χ3n) is 4.03. The quantitative estimate of drug-likeness (QED) is 0.889. The van der Waals surface area contributed by atoms with Crippen molar-refractivity contribution in [1.82, 2.24) is 10.3 Å². The molecular weight excluding hydrogens is 222 g/mol. The molecule has 1 aliphatic heterocycles. The number of aromatic nitrogens is 1. The van der Waals surface area contributed by atoms with Crippen LogP contribution < -0.4 is 10.2 Å². The molecule has 0 spiro atoms. The second-order valence-corrected chi connectivity index (χ2v) is 5.34. The Balaban J connectivity index is 2.12. The number of hydrogen-bond donors (Lipinski definition) is 1. The molecule has 1 aliphatic rings. The van der Waals surface area contributed by atoms with Crippen molar-refractivity contribution >= 4 is 5.69 Å². The Labute approximate surface area is 111 Å². The van der Waals surface area contributed by atoms with E-state index < -0.39 is 0 Å². The first kappa shape index (κ1) is 13.3. The minimum absolute atomic E-state index is 0.320. The Bertz CT molecular complexity index is 361. The molecule has 1 saturated heterocycles.